The summed E-state index contributed by atoms with van der Waals surface area (Å²) in [6.45, 7) is 1.90. The van der Waals surface area contributed by atoms with Gasteiger partial charge in [0, 0.05) is 24.6 Å². The van der Waals surface area contributed by atoms with Gasteiger partial charge in [0.15, 0.2) is 17.2 Å². The number of hydrogen-bond donors (Lipinski definition) is 1. The highest BCUT2D eigenvalue weighted by Gasteiger charge is 2.33. The Morgan fingerprint density at radius 2 is 1.95 bits per heavy atom. The van der Waals surface area contributed by atoms with Crippen LogP contribution in [-0.2, 0) is 4.79 Å². The smallest absolute Gasteiger partial charge is 0.224 e. The molecule has 0 atom stereocenters. The molecule has 1 aromatic carbocycles. The third-order valence-electron chi connectivity index (χ3n) is 2.93. The van der Waals surface area contributed by atoms with Crippen molar-refractivity contribution in [2.75, 3.05) is 19.5 Å². The van der Waals surface area contributed by atoms with Crippen LogP contribution in [0.15, 0.2) is 28.4 Å². The largest absolute Gasteiger partial charge is 0.493 e. The Bertz CT molecular complexity index is 508. The van der Waals surface area contributed by atoms with E-state index in [2.05, 4.69) is 15.5 Å². The average Bonchev–Trinajstić information content (AvgIpc) is 3.15. The lowest BCUT2D eigenvalue weighted by Gasteiger charge is -2.10. The first-order valence-corrected chi connectivity index (χ1v) is 6.02. The Labute approximate surface area is 111 Å². The maximum absolute atomic E-state index is 11.8. The summed E-state index contributed by atoms with van der Waals surface area (Å²) < 4.78 is 10.3. The Morgan fingerprint density at radius 3 is 2.53 bits per heavy atom. The van der Waals surface area contributed by atoms with Gasteiger partial charge in [-0.05, 0) is 19.1 Å². The van der Waals surface area contributed by atoms with Crippen molar-refractivity contribution in [3.63, 3.8) is 0 Å². The first-order valence-electron chi connectivity index (χ1n) is 6.02. The number of nitrogens with zero attached hydrogens (tertiary/aromatic N) is 2. The second-order valence-electron chi connectivity index (χ2n) is 4.53. The number of carbonyl (C=O) groups excluding carboxylic acids is 1. The van der Waals surface area contributed by atoms with Crippen LogP contribution >= 0.6 is 0 Å². The minimum atomic E-state index is -0.338. The lowest BCUT2D eigenvalue weighted by molar-refractivity contribution is -0.116. The lowest BCUT2D eigenvalue weighted by Crippen LogP contribution is -2.15. The first kappa shape index (κ1) is 13.3. The van der Waals surface area contributed by atoms with Crippen LogP contribution in [0.3, 0.4) is 0 Å². The molecule has 1 heterocycles. The number of methoxy groups -OCH3 is 2. The number of carbonyl (C=O) groups is 1. The Kier molecular flexibility index (Phi) is 3.69. The zero-order valence-electron chi connectivity index (χ0n) is 11.3. The van der Waals surface area contributed by atoms with Crippen LogP contribution in [0.4, 0.5) is 5.69 Å². The van der Waals surface area contributed by atoms with Gasteiger partial charge in [-0.25, -0.2) is 0 Å². The van der Waals surface area contributed by atoms with Crippen LogP contribution in [0.2, 0.25) is 0 Å². The Balaban J connectivity index is 1.92. The van der Waals surface area contributed by atoms with E-state index >= 15 is 0 Å². The summed E-state index contributed by atoms with van der Waals surface area (Å²) in [5.74, 6) is 1.15. The van der Waals surface area contributed by atoms with E-state index < -0.39 is 0 Å². The highest BCUT2D eigenvalue weighted by Crippen LogP contribution is 2.32. The topological polar surface area (TPSA) is 72.3 Å². The summed E-state index contributed by atoms with van der Waals surface area (Å²) in [4.78, 5) is 11.8. The normalized spacial score (nSPS) is 14.9. The number of rotatable bonds is 6. The zero-order chi connectivity index (χ0) is 13.9. The molecule has 0 unspecified atom stereocenters. The fourth-order valence-corrected chi connectivity index (χ4v) is 1.67. The minimum Gasteiger partial charge on any atom is -0.493 e. The van der Waals surface area contributed by atoms with E-state index in [1.165, 1.54) is 0 Å². The summed E-state index contributed by atoms with van der Waals surface area (Å²) in [6.07, 6.45) is 1.02. The van der Waals surface area contributed by atoms with Gasteiger partial charge in [-0.1, -0.05) is 0 Å². The Hall–Kier alpha value is -2.11. The van der Waals surface area contributed by atoms with Gasteiger partial charge in [0.1, 0.15) is 0 Å². The molecule has 19 heavy (non-hydrogen) atoms. The third kappa shape index (κ3) is 3.43. The molecule has 0 saturated carbocycles. The molecule has 1 amide bonds. The van der Waals surface area contributed by atoms with Crippen LogP contribution in [0.1, 0.15) is 19.8 Å². The summed E-state index contributed by atoms with van der Waals surface area (Å²) in [5.41, 5.74) is 0.340. The predicted octanol–water partition coefficient (Wildman–Crippen LogP) is 2.60. The highest BCUT2D eigenvalue weighted by atomic mass is 16.5. The first-order chi connectivity index (χ1) is 9.06. The molecule has 0 fully saturated rings. The van der Waals surface area contributed by atoms with Gasteiger partial charge in [-0.15, -0.1) is 0 Å². The second-order valence-corrected chi connectivity index (χ2v) is 4.53. The van der Waals surface area contributed by atoms with Gasteiger partial charge in [-0.2, -0.15) is 10.2 Å². The van der Waals surface area contributed by atoms with Gasteiger partial charge < -0.3 is 14.8 Å². The quantitative estimate of drug-likeness (QED) is 0.857. The molecule has 0 aliphatic carbocycles. The van der Waals surface area contributed by atoms with Crippen molar-refractivity contribution in [3.8, 4) is 11.5 Å². The molecule has 6 nitrogen and oxygen atoms in total. The maximum atomic E-state index is 11.8. The fraction of sp³-hybridized carbons (Fsp3) is 0.462. The van der Waals surface area contributed by atoms with Gasteiger partial charge in [-0.3, -0.25) is 4.79 Å². The zero-order valence-corrected chi connectivity index (χ0v) is 11.3. The van der Waals surface area contributed by atoms with Gasteiger partial charge >= 0.3 is 0 Å². The minimum absolute atomic E-state index is 0.0641. The SMILES string of the molecule is COc1ccc(NC(=O)CCC2(C)N=N2)cc1OC. The molecule has 0 aromatic heterocycles. The van der Waals surface area contributed by atoms with Crippen molar-refractivity contribution < 1.29 is 14.3 Å². The van der Waals surface area contributed by atoms with Gasteiger partial charge in [0.05, 0.1) is 14.2 Å². The maximum Gasteiger partial charge on any atom is 0.224 e. The van der Waals surface area contributed by atoms with Crippen LogP contribution in [-0.4, -0.2) is 25.8 Å². The molecule has 6 heteroatoms. The molecule has 1 aliphatic rings. The number of nitrogens with one attached hydrogen (secondary N) is 1. The van der Waals surface area contributed by atoms with E-state index in [1.54, 1.807) is 32.4 Å². The van der Waals surface area contributed by atoms with E-state index in [9.17, 15) is 4.79 Å². The van der Waals surface area contributed by atoms with Crippen molar-refractivity contribution in [1.82, 2.24) is 0 Å². The molecule has 0 saturated heterocycles. The van der Waals surface area contributed by atoms with Crippen LogP contribution in [0, 0.1) is 0 Å². The van der Waals surface area contributed by atoms with Crippen molar-refractivity contribution in [2.24, 2.45) is 10.2 Å². The molecular formula is C13H17N3O3. The van der Waals surface area contributed by atoms with E-state index in [0.29, 0.717) is 30.0 Å². The van der Waals surface area contributed by atoms with E-state index in [0.717, 1.165) is 0 Å². The number of anilines is 1. The highest BCUT2D eigenvalue weighted by molar-refractivity contribution is 5.91. The molecule has 1 aliphatic heterocycles. The van der Waals surface area contributed by atoms with Crippen molar-refractivity contribution >= 4 is 11.6 Å². The van der Waals surface area contributed by atoms with Crippen LogP contribution in [0.25, 0.3) is 0 Å². The van der Waals surface area contributed by atoms with Crippen molar-refractivity contribution in [1.29, 1.82) is 0 Å². The van der Waals surface area contributed by atoms with Gasteiger partial charge in [0.2, 0.25) is 5.91 Å². The monoisotopic (exact) mass is 263 g/mol. The molecule has 102 valence electrons. The van der Waals surface area contributed by atoms with Crippen LogP contribution in [0.5, 0.6) is 11.5 Å². The molecule has 0 spiro atoms. The van der Waals surface area contributed by atoms with E-state index in [-0.39, 0.29) is 11.6 Å². The summed E-state index contributed by atoms with van der Waals surface area (Å²) in [7, 11) is 3.12. The lowest BCUT2D eigenvalue weighted by atomic mass is 10.1. The molecule has 0 bridgehead atoms. The number of ether oxygens (including phenoxy) is 2. The van der Waals surface area contributed by atoms with E-state index in [4.69, 9.17) is 9.47 Å². The third-order valence-corrected chi connectivity index (χ3v) is 2.93. The van der Waals surface area contributed by atoms with E-state index in [1.807, 2.05) is 6.92 Å². The standard InChI is InChI=1S/C13H17N3O3/c1-13(15-16-13)7-6-12(17)14-9-4-5-10(18-2)11(8-9)19-3/h4-5,8H,6-7H2,1-3H3,(H,14,17). The molecule has 1 aromatic rings. The average molecular weight is 263 g/mol. The number of benzene rings is 1. The summed E-state index contributed by atoms with van der Waals surface area (Å²) in [6, 6.07) is 5.25. The second kappa shape index (κ2) is 5.26. The predicted molar refractivity (Wildman–Crippen MR) is 70.7 cm³/mol. The van der Waals surface area contributed by atoms with Crippen molar-refractivity contribution in [3.05, 3.63) is 18.2 Å². The molecule has 0 radical (unpaired) electrons. The van der Waals surface area contributed by atoms with Gasteiger partial charge in [0.25, 0.3) is 0 Å². The van der Waals surface area contributed by atoms with Crippen LogP contribution < -0.4 is 14.8 Å². The number of amides is 1. The fourth-order valence-electron chi connectivity index (χ4n) is 1.67. The molecule has 2 rings (SSSR count). The van der Waals surface area contributed by atoms with Crippen molar-refractivity contribution in [2.45, 2.75) is 25.4 Å². The summed E-state index contributed by atoms with van der Waals surface area (Å²) >= 11 is 0. The molecular weight excluding hydrogens is 246 g/mol. The molecule has 1 N–H and O–H groups in total. The summed E-state index contributed by atoms with van der Waals surface area (Å²) in [5, 5.41) is 10.6. The number of hydrogen-bond acceptors (Lipinski definition) is 5. The Morgan fingerprint density at radius 1 is 1.26 bits per heavy atom.